The number of urea groups is 1. The second kappa shape index (κ2) is 7.02. The van der Waals surface area contributed by atoms with Gasteiger partial charge in [-0.25, -0.2) is 14.6 Å². The van der Waals surface area contributed by atoms with Crippen LogP contribution in [0.25, 0.3) is 10.6 Å². The van der Waals surface area contributed by atoms with Crippen LogP contribution in [0.2, 0.25) is 0 Å². The zero-order valence-corrected chi connectivity index (χ0v) is 14.6. The number of nitrogens with one attached hydrogen (secondary N) is 1. The molecule has 1 aliphatic rings. The Morgan fingerprint density at radius 1 is 1.32 bits per heavy atom. The molecule has 0 spiro atoms. The van der Waals surface area contributed by atoms with Crippen LogP contribution in [0.15, 0.2) is 29.6 Å². The van der Waals surface area contributed by atoms with Gasteiger partial charge in [0, 0.05) is 24.0 Å². The van der Waals surface area contributed by atoms with Gasteiger partial charge < -0.3 is 10.1 Å². The molecule has 3 rings (SSSR count). The lowest BCUT2D eigenvalue weighted by molar-refractivity contribution is -0.136. The first-order valence-electron chi connectivity index (χ1n) is 7.78. The Morgan fingerprint density at radius 2 is 2.04 bits per heavy atom. The number of hydrogen-bond acceptors (Lipinski definition) is 6. The van der Waals surface area contributed by atoms with Gasteiger partial charge in [0.1, 0.15) is 5.01 Å². The summed E-state index contributed by atoms with van der Waals surface area (Å²) in [5.74, 6) is -1.23. The molecular weight excluding hydrogens is 342 g/mol. The number of hydrogen-bond donors (Lipinski definition) is 1. The van der Waals surface area contributed by atoms with Gasteiger partial charge in [0.15, 0.2) is 11.8 Å². The van der Waals surface area contributed by atoms with Crippen LogP contribution in [-0.4, -0.2) is 47.0 Å². The fraction of sp³-hybridized carbons (Fsp3) is 0.294. The van der Waals surface area contributed by atoms with Gasteiger partial charge in [0.05, 0.1) is 0 Å². The number of esters is 1. The molecule has 1 aromatic carbocycles. The van der Waals surface area contributed by atoms with Gasteiger partial charge in [-0.2, -0.15) is 0 Å². The van der Waals surface area contributed by atoms with Crippen molar-refractivity contribution in [3.8, 4) is 10.6 Å². The molecule has 1 unspecified atom stereocenters. The first kappa shape index (κ1) is 17.1. The van der Waals surface area contributed by atoms with Gasteiger partial charge in [-0.05, 0) is 13.8 Å². The molecule has 1 aliphatic heterocycles. The fourth-order valence-electron chi connectivity index (χ4n) is 2.37. The van der Waals surface area contributed by atoms with Gasteiger partial charge in [0.2, 0.25) is 0 Å². The van der Waals surface area contributed by atoms with Gasteiger partial charge >= 0.3 is 12.0 Å². The Labute approximate surface area is 148 Å². The summed E-state index contributed by atoms with van der Waals surface area (Å²) in [6, 6.07) is 7.33. The largest absolute Gasteiger partial charge is 0.448 e. The molecule has 0 bridgehead atoms. The smallest absolute Gasteiger partial charge is 0.358 e. The Balaban J connectivity index is 1.66. The summed E-state index contributed by atoms with van der Waals surface area (Å²) in [7, 11) is 0. The fourth-order valence-corrected chi connectivity index (χ4v) is 3.16. The number of amides is 3. The molecule has 3 amide bonds. The van der Waals surface area contributed by atoms with Crippen molar-refractivity contribution in [1.82, 2.24) is 15.2 Å². The Hall–Kier alpha value is -2.74. The molecule has 0 radical (unpaired) electrons. The monoisotopic (exact) mass is 359 g/mol. The number of aromatic nitrogens is 1. The van der Waals surface area contributed by atoms with Crippen molar-refractivity contribution in [1.29, 1.82) is 0 Å². The molecule has 1 aromatic heterocycles. The number of carbonyl (C=O) groups is 3. The van der Waals surface area contributed by atoms with Crippen LogP contribution in [-0.2, 0) is 9.53 Å². The van der Waals surface area contributed by atoms with Crippen molar-refractivity contribution in [3.63, 3.8) is 0 Å². The van der Waals surface area contributed by atoms with Crippen molar-refractivity contribution in [3.05, 3.63) is 40.9 Å². The van der Waals surface area contributed by atoms with Gasteiger partial charge in [-0.15, -0.1) is 11.3 Å². The summed E-state index contributed by atoms with van der Waals surface area (Å²) < 4.78 is 5.16. The summed E-state index contributed by atoms with van der Waals surface area (Å²) >= 11 is 1.33. The first-order chi connectivity index (χ1) is 12.0. The van der Waals surface area contributed by atoms with Crippen LogP contribution in [0.4, 0.5) is 4.79 Å². The number of carbonyl (C=O) groups excluding carboxylic acids is 3. The second-order valence-electron chi connectivity index (χ2n) is 5.67. The van der Waals surface area contributed by atoms with E-state index in [1.165, 1.54) is 18.3 Å². The maximum absolute atomic E-state index is 12.2. The Kier molecular flexibility index (Phi) is 4.80. The van der Waals surface area contributed by atoms with Gasteiger partial charge in [-0.1, -0.05) is 29.8 Å². The van der Waals surface area contributed by atoms with E-state index in [1.807, 2.05) is 31.2 Å². The molecule has 2 aromatic rings. The highest BCUT2D eigenvalue weighted by Gasteiger charge is 2.32. The minimum atomic E-state index is -1.05. The molecule has 1 atom stereocenters. The minimum Gasteiger partial charge on any atom is -0.448 e. The van der Waals surface area contributed by atoms with Crippen LogP contribution < -0.4 is 5.32 Å². The van der Waals surface area contributed by atoms with Gasteiger partial charge in [-0.3, -0.25) is 9.69 Å². The first-order valence-corrected chi connectivity index (χ1v) is 8.66. The second-order valence-corrected chi connectivity index (χ2v) is 6.53. The van der Waals surface area contributed by atoms with E-state index in [9.17, 15) is 14.4 Å². The third-order valence-electron chi connectivity index (χ3n) is 3.77. The molecular formula is C17H17N3O4S. The minimum absolute atomic E-state index is 0.145. The van der Waals surface area contributed by atoms with Crippen molar-refractivity contribution in [2.24, 2.45) is 0 Å². The summed E-state index contributed by atoms with van der Waals surface area (Å²) in [6.07, 6.45) is -1.05. The number of benzene rings is 1. The quantitative estimate of drug-likeness (QED) is 0.846. The predicted molar refractivity (Wildman–Crippen MR) is 92.3 cm³/mol. The zero-order chi connectivity index (χ0) is 18.0. The zero-order valence-electron chi connectivity index (χ0n) is 13.8. The number of rotatable bonds is 4. The van der Waals surface area contributed by atoms with Gasteiger partial charge in [0.25, 0.3) is 5.91 Å². The molecule has 0 saturated carbocycles. The van der Waals surface area contributed by atoms with E-state index >= 15 is 0 Å². The molecule has 7 nitrogen and oxygen atoms in total. The number of thiazole rings is 1. The molecule has 2 heterocycles. The predicted octanol–water partition coefficient (Wildman–Crippen LogP) is 2.22. The van der Waals surface area contributed by atoms with E-state index in [0.717, 1.165) is 16.0 Å². The van der Waals surface area contributed by atoms with Crippen molar-refractivity contribution in [2.75, 3.05) is 13.1 Å². The maximum atomic E-state index is 12.2. The molecule has 8 heteroatoms. The summed E-state index contributed by atoms with van der Waals surface area (Å²) in [5.41, 5.74) is 2.19. The topological polar surface area (TPSA) is 88.6 Å². The number of nitrogens with zero attached hydrogens (tertiary/aromatic N) is 2. The summed E-state index contributed by atoms with van der Waals surface area (Å²) in [6.45, 7) is 4.11. The van der Waals surface area contributed by atoms with Crippen LogP contribution >= 0.6 is 11.3 Å². The number of imide groups is 1. The highest BCUT2D eigenvalue weighted by Crippen LogP contribution is 2.24. The van der Waals surface area contributed by atoms with E-state index in [2.05, 4.69) is 10.3 Å². The SMILES string of the molecule is Cc1ccc(-c2nc(C(=O)OC(C)C(=O)N3CCNC3=O)cs2)cc1. The molecule has 130 valence electrons. The lowest BCUT2D eigenvalue weighted by Crippen LogP contribution is -2.41. The lowest BCUT2D eigenvalue weighted by Gasteiger charge is -2.17. The highest BCUT2D eigenvalue weighted by molar-refractivity contribution is 7.13. The molecule has 0 aliphatic carbocycles. The van der Waals surface area contributed by atoms with E-state index in [0.29, 0.717) is 11.6 Å². The van der Waals surface area contributed by atoms with E-state index < -0.39 is 24.0 Å². The Bertz CT molecular complexity index is 816. The molecule has 1 N–H and O–H groups in total. The normalized spacial score (nSPS) is 15.0. The molecule has 1 fully saturated rings. The van der Waals surface area contributed by atoms with Crippen LogP contribution in [0.5, 0.6) is 0 Å². The van der Waals surface area contributed by atoms with Crippen molar-refractivity contribution in [2.45, 2.75) is 20.0 Å². The van der Waals surface area contributed by atoms with Crippen LogP contribution in [0.1, 0.15) is 23.0 Å². The lowest BCUT2D eigenvalue weighted by atomic mass is 10.2. The molecule has 25 heavy (non-hydrogen) atoms. The molecule has 1 saturated heterocycles. The number of aryl methyl sites for hydroxylation is 1. The van der Waals surface area contributed by atoms with Crippen LogP contribution in [0.3, 0.4) is 0 Å². The average Bonchev–Trinajstić information content (AvgIpc) is 3.24. The van der Waals surface area contributed by atoms with Crippen molar-refractivity contribution < 1.29 is 19.1 Å². The maximum Gasteiger partial charge on any atom is 0.358 e. The Morgan fingerprint density at radius 3 is 2.68 bits per heavy atom. The average molecular weight is 359 g/mol. The standard InChI is InChI=1S/C17H17N3O4S/c1-10-3-5-12(6-4-10)14-19-13(9-25-14)16(22)24-11(2)15(21)20-8-7-18-17(20)23/h3-6,9,11H,7-8H2,1-2H3,(H,18,23). The van der Waals surface area contributed by atoms with Crippen LogP contribution in [0, 0.1) is 6.92 Å². The summed E-state index contributed by atoms with van der Waals surface area (Å²) in [4.78, 5) is 41.2. The van der Waals surface area contributed by atoms with E-state index in [1.54, 1.807) is 5.38 Å². The third-order valence-corrected chi connectivity index (χ3v) is 4.66. The number of ether oxygens (including phenoxy) is 1. The summed E-state index contributed by atoms with van der Waals surface area (Å²) in [5, 5.41) is 4.82. The van der Waals surface area contributed by atoms with E-state index in [-0.39, 0.29) is 12.2 Å². The van der Waals surface area contributed by atoms with Crippen molar-refractivity contribution >= 4 is 29.2 Å². The third kappa shape index (κ3) is 3.69. The van der Waals surface area contributed by atoms with E-state index in [4.69, 9.17) is 4.74 Å². The highest BCUT2D eigenvalue weighted by atomic mass is 32.1.